The SMILES string of the molecule is CC(C)(C)c1ccc2c(c1)nc(C(C)(C)C)n1c3cnc(C(C)(C)C)cc3nc21. The van der Waals surface area contributed by atoms with Gasteiger partial charge in [-0.05, 0) is 29.2 Å². The predicted molar refractivity (Wildman–Crippen MR) is 122 cm³/mol. The Balaban J connectivity index is 2.15. The van der Waals surface area contributed by atoms with Crippen LogP contribution in [0.3, 0.4) is 0 Å². The van der Waals surface area contributed by atoms with Crippen LogP contribution in [-0.2, 0) is 16.2 Å². The molecule has 0 unspecified atom stereocenters. The van der Waals surface area contributed by atoms with Gasteiger partial charge in [0.2, 0.25) is 0 Å². The molecule has 0 fully saturated rings. The Morgan fingerprint density at radius 2 is 1.41 bits per heavy atom. The first kappa shape index (κ1) is 19.8. The molecule has 0 aliphatic heterocycles. The number of benzene rings is 1. The average molecular weight is 389 g/mol. The molecule has 4 rings (SSSR count). The summed E-state index contributed by atoms with van der Waals surface area (Å²) in [6.45, 7) is 19.9. The van der Waals surface area contributed by atoms with Gasteiger partial charge in [-0.2, -0.15) is 0 Å². The first-order chi connectivity index (χ1) is 13.3. The second-order valence-corrected chi connectivity index (χ2v) is 11.2. The van der Waals surface area contributed by atoms with E-state index in [9.17, 15) is 0 Å². The van der Waals surface area contributed by atoms with Crippen LogP contribution in [0.15, 0.2) is 30.5 Å². The first-order valence-electron chi connectivity index (χ1n) is 10.4. The quantitative estimate of drug-likeness (QED) is 0.354. The highest BCUT2D eigenvalue weighted by Crippen LogP contribution is 2.33. The summed E-state index contributed by atoms with van der Waals surface area (Å²) in [5.74, 6) is 1.01. The van der Waals surface area contributed by atoms with Gasteiger partial charge in [0, 0.05) is 21.9 Å². The molecule has 4 aromatic rings. The number of hydrogen-bond donors (Lipinski definition) is 0. The molecule has 4 nitrogen and oxygen atoms in total. The van der Waals surface area contributed by atoms with Crippen LogP contribution in [-0.4, -0.2) is 19.4 Å². The van der Waals surface area contributed by atoms with Crippen LogP contribution in [0.25, 0.3) is 27.6 Å². The van der Waals surface area contributed by atoms with Crippen molar-refractivity contribution < 1.29 is 0 Å². The molecule has 0 N–H and O–H groups in total. The van der Waals surface area contributed by atoms with E-state index in [4.69, 9.17) is 15.0 Å². The van der Waals surface area contributed by atoms with Crippen LogP contribution < -0.4 is 0 Å². The zero-order chi connectivity index (χ0) is 21.4. The van der Waals surface area contributed by atoms with E-state index < -0.39 is 0 Å². The first-order valence-corrected chi connectivity index (χ1v) is 10.4. The lowest BCUT2D eigenvalue weighted by atomic mass is 9.86. The molecule has 152 valence electrons. The van der Waals surface area contributed by atoms with E-state index in [1.165, 1.54) is 5.56 Å². The zero-order valence-electron chi connectivity index (χ0n) is 19.2. The summed E-state index contributed by atoms with van der Waals surface area (Å²) < 4.78 is 2.20. The number of fused-ring (bicyclic) bond motifs is 5. The van der Waals surface area contributed by atoms with Crippen molar-refractivity contribution in [2.75, 3.05) is 0 Å². The molecule has 0 saturated carbocycles. The molecule has 3 heterocycles. The Kier molecular flexibility index (Phi) is 4.10. The summed E-state index contributed by atoms with van der Waals surface area (Å²) in [7, 11) is 0. The van der Waals surface area contributed by atoms with Crippen molar-refractivity contribution in [3.05, 3.63) is 47.5 Å². The maximum Gasteiger partial charge on any atom is 0.148 e. The minimum absolute atomic E-state index is 0.0151. The monoisotopic (exact) mass is 388 g/mol. The fraction of sp³-hybridized carbons (Fsp3) is 0.480. The third-order valence-corrected chi connectivity index (χ3v) is 5.52. The molecule has 0 aliphatic carbocycles. The highest BCUT2D eigenvalue weighted by molar-refractivity contribution is 5.96. The van der Waals surface area contributed by atoms with E-state index in [1.807, 2.05) is 6.20 Å². The second kappa shape index (κ2) is 6.01. The number of nitrogens with zero attached hydrogens (tertiary/aromatic N) is 4. The lowest BCUT2D eigenvalue weighted by molar-refractivity contribution is 0.542. The third kappa shape index (κ3) is 3.29. The third-order valence-electron chi connectivity index (χ3n) is 5.52. The van der Waals surface area contributed by atoms with Crippen molar-refractivity contribution in [1.29, 1.82) is 0 Å². The standard InChI is InChI=1S/C25H32N4/c1-23(2,3)15-10-11-16-17(12-15)28-22(25(7,8)9)29-19-14-26-20(24(4,5)6)13-18(19)27-21(16)29/h10-14H,1-9H3. The number of aromatic nitrogens is 4. The van der Waals surface area contributed by atoms with Crippen molar-refractivity contribution in [1.82, 2.24) is 19.4 Å². The van der Waals surface area contributed by atoms with E-state index in [2.05, 4.69) is 91.0 Å². The van der Waals surface area contributed by atoms with Gasteiger partial charge >= 0.3 is 0 Å². The number of hydrogen-bond acceptors (Lipinski definition) is 3. The Labute approximate surface area is 173 Å². The molecule has 0 spiro atoms. The molecule has 0 saturated heterocycles. The molecule has 0 amide bonds. The van der Waals surface area contributed by atoms with Gasteiger partial charge in [0.25, 0.3) is 0 Å². The van der Waals surface area contributed by atoms with E-state index in [0.717, 1.165) is 39.1 Å². The fourth-order valence-electron chi connectivity index (χ4n) is 3.73. The average Bonchev–Trinajstić information content (AvgIpc) is 2.96. The van der Waals surface area contributed by atoms with Gasteiger partial charge in [-0.1, -0.05) is 68.4 Å². The van der Waals surface area contributed by atoms with Crippen LogP contribution >= 0.6 is 0 Å². The van der Waals surface area contributed by atoms with Crippen molar-refractivity contribution in [2.45, 2.75) is 78.6 Å². The molecular formula is C25H32N4. The lowest BCUT2D eigenvalue weighted by Crippen LogP contribution is -2.19. The molecule has 0 atom stereocenters. The van der Waals surface area contributed by atoms with E-state index in [0.29, 0.717) is 0 Å². The Hall–Kier alpha value is -2.49. The molecule has 29 heavy (non-hydrogen) atoms. The highest BCUT2D eigenvalue weighted by atomic mass is 15.1. The maximum atomic E-state index is 5.14. The largest absolute Gasteiger partial charge is 0.278 e. The smallest absolute Gasteiger partial charge is 0.148 e. The van der Waals surface area contributed by atoms with Crippen LogP contribution in [0, 0.1) is 0 Å². The van der Waals surface area contributed by atoms with Crippen LogP contribution in [0.2, 0.25) is 0 Å². The number of rotatable bonds is 0. The summed E-state index contributed by atoms with van der Waals surface area (Å²) >= 11 is 0. The van der Waals surface area contributed by atoms with Gasteiger partial charge in [0.1, 0.15) is 11.5 Å². The van der Waals surface area contributed by atoms with E-state index in [1.54, 1.807) is 0 Å². The highest BCUT2D eigenvalue weighted by Gasteiger charge is 2.25. The molecular weight excluding hydrogens is 356 g/mol. The minimum atomic E-state index is -0.124. The summed E-state index contributed by atoms with van der Waals surface area (Å²) in [4.78, 5) is 15.0. The second-order valence-electron chi connectivity index (χ2n) is 11.2. The molecule has 4 heteroatoms. The molecule has 3 aromatic heterocycles. The summed E-state index contributed by atoms with van der Waals surface area (Å²) in [6, 6.07) is 8.74. The van der Waals surface area contributed by atoms with E-state index in [-0.39, 0.29) is 16.2 Å². The number of pyridine rings is 1. The van der Waals surface area contributed by atoms with Crippen molar-refractivity contribution >= 4 is 27.6 Å². The Bertz CT molecular complexity index is 1240. The maximum absolute atomic E-state index is 5.14. The predicted octanol–water partition coefficient (Wildman–Crippen LogP) is 6.32. The Morgan fingerprint density at radius 1 is 0.724 bits per heavy atom. The van der Waals surface area contributed by atoms with Crippen molar-refractivity contribution in [3.63, 3.8) is 0 Å². The van der Waals surface area contributed by atoms with Gasteiger partial charge < -0.3 is 0 Å². The van der Waals surface area contributed by atoms with Gasteiger partial charge in [-0.25, -0.2) is 9.97 Å². The van der Waals surface area contributed by atoms with Gasteiger partial charge in [0.05, 0.1) is 22.7 Å². The Morgan fingerprint density at radius 3 is 2.00 bits per heavy atom. The zero-order valence-corrected chi connectivity index (χ0v) is 19.2. The van der Waals surface area contributed by atoms with Crippen LogP contribution in [0.1, 0.15) is 79.4 Å². The van der Waals surface area contributed by atoms with Crippen LogP contribution in [0.4, 0.5) is 0 Å². The summed E-state index contributed by atoms with van der Waals surface area (Å²) in [6.07, 6.45) is 1.96. The van der Waals surface area contributed by atoms with Crippen molar-refractivity contribution in [2.24, 2.45) is 0 Å². The normalized spacial score (nSPS) is 13.7. The van der Waals surface area contributed by atoms with Crippen LogP contribution in [0.5, 0.6) is 0 Å². The van der Waals surface area contributed by atoms with Gasteiger partial charge in [-0.3, -0.25) is 9.38 Å². The van der Waals surface area contributed by atoms with E-state index >= 15 is 0 Å². The van der Waals surface area contributed by atoms with Gasteiger partial charge in [0.15, 0.2) is 0 Å². The van der Waals surface area contributed by atoms with Crippen molar-refractivity contribution in [3.8, 4) is 0 Å². The fourth-order valence-corrected chi connectivity index (χ4v) is 3.73. The molecule has 0 bridgehead atoms. The lowest BCUT2D eigenvalue weighted by Gasteiger charge is -2.23. The van der Waals surface area contributed by atoms with Gasteiger partial charge in [-0.15, -0.1) is 0 Å². The summed E-state index contributed by atoms with van der Waals surface area (Å²) in [5.41, 5.74) is 6.25. The molecule has 0 aliphatic rings. The topological polar surface area (TPSA) is 43.1 Å². The number of imidazole rings is 1. The minimum Gasteiger partial charge on any atom is -0.278 e. The molecule has 0 radical (unpaired) electrons. The molecule has 1 aromatic carbocycles. The summed E-state index contributed by atoms with van der Waals surface area (Å²) in [5, 5.41) is 1.08.